The predicted octanol–water partition coefficient (Wildman–Crippen LogP) is 3.38. The molecule has 1 fully saturated rings. The van der Waals surface area contributed by atoms with Gasteiger partial charge in [-0.25, -0.2) is 0 Å². The maximum atomic E-state index is 6.10. The van der Waals surface area contributed by atoms with Crippen LogP contribution in [0.3, 0.4) is 0 Å². The van der Waals surface area contributed by atoms with Gasteiger partial charge in [0.15, 0.2) is 5.58 Å². The zero-order chi connectivity index (χ0) is 17.8. The molecule has 1 aliphatic rings. The highest BCUT2D eigenvalue weighted by Crippen LogP contribution is 2.36. The quantitative estimate of drug-likeness (QED) is 0.727. The maximum absolute atomic E-state index is 6.10. The Morgan fingerprint density at radius 1 is 0.920 bits per heavy atom. The topological polar surface area (TPSA) is 70.5 Å². The van der Waals surface area contributed by atoms with Crippen LogP contribution < -0.4 is 11.2 Å². The predicted molar refractivity (Wildman–Crippen MR) is 99.6 cm³/mol. The van der Waals surface area contributed by atoms with E-state index in [-0.39, 0.29) is 24.3 Å². The van der Waals surface area contributed by atoms with Crippen LogP contribution in [0.25, 0.3) is 22.2 Å². The second kappa shape index (κ2) is 5.34. The number of aromatic nitrogens is 1. The highest BCUT2D eigenvalue weighted by Gasteiger charge is 2.51. The maximum Gasteiger partial charge on any atom is 0.494 e. The second-order valence-corrected chi connectivity index (χ2v) is 7.41. The standard InChI is InChI=1S/C19H21BN2O3/c1-18(2)19(3,4)25-20(24-18)13-10-8-12(9-11-13)14-6-5-7-15-16(14)22-17(21)23-15/h5-11H,1-4H3,(H2,21,22). The minimum atomic E-state index is -0.363. The molecule has 0 aliphatic carbocycles. The molecule has 2 heterocycles. The molecule has 4 rings (SSSR count). The molecule has 1 aliphatic heterocycles. The summed E-state index contributed by atoms with van der Waals surface area (Å²) < 4.78 is 17.6. The molecule has 0 bridgehead atoms. The first-order chi connectivity index (χ1) is 11.8. The van der Waals surface area contributed by atoms with Crippen LogP contribution in [0.1, 0.15) is 27.7 Å². The van der Waals surface area contributed by atoms with E-state index in [9.17, 15) is 0 Å². The first kappa shape index (κ1) is 16.2. The van der Waals surface area contributed by atoms with Gasteiger partial charge in [0, 0.05) is 5.56 Å². The van der Waals surface area contributed by atoms with E-state index in [0.717, 1.165) is 22.1 Å². The molecule has 6 heteroatoms. The molecule has 1 saturated heterocycles. The summed E-state index contributed by atoms with van der Waals surface area (Å²) in [4.78, 5) is 4.29. The Morgan fingerprint density at radius 3 is 2.20 bits per heavy atom. The first-order valence-electron chi connectivity index (χ1n) is 8.38. The van der Waals surface area contributed by atoms with Crippen LogP contribution in [0.2, 0.25) is 0 Å². The fraction of sp³-hybridized carbons (Fsp3) is 0.316. The molecule has 0 saturated carbocycles. The highest BCUT2D eigenvalue weighted by atomic mass is 16.7. The van der Waals surface area contributed by atoms with Crippen LogP contribution >= 0.6 is 0 Å². The Morgan fingerprint density at radius 2 is 1.56 bits per heavy atom. The minimum absolute atomic E-state index is 0.177. The van der Waals surface area contributed by atoms with E-state index in [1.807, 2.05) is 42.5 Å². The van der Waals surface area contributed by atoms with Gasteiger partial charge in [0.05, 0.1) is 11.2 Å². The fourth-order valence-corrected chi connectivity index (χ4v) is 3.00. The number of oxazole rings is 1. The summed E-state index contributed by atoms with van der Waals surface area (Å²) in [7, 11) is -0.363. The Bertz CT molecular complexity index is 915. The van der Waals surface area contributed by atoms with Crippen LogP contribution in [0.4, 0.5) is 6.01 Å². The summed E-state index contributed by atoms with van der Waals surface area (Å²) in [6.07, 6.45) is 0. The van der Waals surface area contributed by atoms with Gasteiger partial charge in [-0.2, -0.15) is 4.98 Å². The molecule has 2 N–H and O–H groups in total. The molecule has 25 heavy (non-hydrogen) atoms. The Hall–Kier alpha value is -2.31. The van der Waals surface area contributed by atoms with Crippen molar-refractivity contribution in [3.63, 3.8) is 0 Å². The Labute approximate surface area is 147 Å². The number of rotatable bonds is 2. The normalized spacial score (nSPS) is 18.8. The summed E-state index contributed by atoms with van der Waals surface area (Å²) in [6, 6.07) is 14.1. The lowest BCUT2D eigenvalue weighted by atomic mass is 9.78. The van der Waals surface area contributed by atoms with Crippen molar-refractivity contribution in [2.75, 3.05) is 5.73 Å². The summed E-state index contributed by atoms with van der Waals surface area (Å²) in [6.45, 7) is 8.21. The lowest BCUT2D eigenvalue weighted by molar-refractivity contribution is 0.00578. The van der Waals surface area contributed by atoms with Crippen molar-refractivity contribution in [1.82, 2.24) is 4.98 Å². The van der Waals surface area contributed by atoms with Crippen LogP contribution in [-0.2, 0) is 9.31 Å². The number of fused-ring (bicyclic) bond motifs is 1. The van der Waals surface area contributed by atoms with Crippen LogP contribution in [-0.4, -0.2) is 23.3 Å². The van der Waals surface area contributed by atoms with Crippen molar-refractivity contribution in [2.24, 2.45) is 0 Å². The lowest BCUT2D eigenvalue weighted by Crippen LogP contribution is -2.41. The van der Waals surface area contributed by atoms with E-state index in [4.69, 9.17) is 19.5 Å². The number of nitrogens with two attached hydrogens (primary N) is 1. The molecule has 0 atom stereocenters. The number of nitrogens with zero attached hydrogens (tertiary/aromatic N) is 1. The number of hydrogen-bond acceptors (Lipinski definition) is 5. The lowest BCUT2D eigenvalue weighted by Gasteiger charge is -2.32. The Balaban J connectivity index is 1.67. The zero-order valence-electron chi connectivity index (χ0n) is 14.9. The van der Waals surface area contributed by atoms with Gasteiger partial charge in [0.25, 0.3) is 6.01 Å². The number of para-hydroxylation sites is 1. The van der Waals surface area contributed by atoms with Gasteiger partial charge in [-0.05, 0) is 44.8 Å². The van der Waals surface area contributed by atoms with Crippen LogP contribution in [0, 0.1) is 0 Å². The van der Waals surface area contributed by atoms with Crippen molar-refractivity contribution in [3.8, 4) is 11.1 Å². The molecule has 1 aromatic heterocycles. The van der Waals surface area contributed by atoms with Crippen molar-refractivity contribution in [3.05, 3.63) is 42.5 Å². The van der Waals surface area contributed by atoms with Crippen LogP contribution in [0.5, 0.6) is 0 Å². The van der Waals surface area contributed by atoms with Gasteiger partial charge in [0.1, 0.15) is 5.52 Å². The summed E-state index contributed by atoms with van der Waals surface area (Å²) >= 11 is 0. The van der Waals surface area contributed by atoms with E-state index >= 15 is 0 Å². The van der Waals surface area contributed by atoms with Gasteiger partial charge >= 0.3 is 7.12 Å². The van der Waals surface area contributed by atoms with Gasteiger partial charge in [0.2, 0.25) is 0 Å². The van der Waals surface area contributed by atoms with E-state index in [1.54, 1.807) is 0 Å². The molecule has 3 aromatic rings. The number of benzene rings is 2. The molecule has 0 spiro atoms. The summed E-state index contributed by atoms with van der Waals surface area (Å²) in [5.74, 6) is 0. The van der Waals surface area contributed by atoms with Gasteiger partial charge < -0.3 is 19.5 Å². The molecule has 2 aromatic carbocycles. The molecular weight excluding hydrogens is 315 g/mol. The Kier molecular flexibility index (Phi) is 3.46. The largest absolute Gasteiger partial charge is 0.494 e. The average molecular weight is 336 g/mol. The van der Waals surface area contributed by atoms with E-state index in [2.05, 4.69) is 32.7 Å². The number of anilines is 1. The molecule has 5 nitrogen and oxygen atoms in total. The molecule has 0 unspecified atom stereocenters. The van der Waals surface area contributed by atoms with E-state index in [0.29, 0.717) is 5.58 Å². The summed E-state index contributed by atoms with van der Waals surface area (Å²) in [5.41, 5.74) is 9.46. The van der Waals surface area contributed by atoms with Crippen molar-refractivity contribution >= 4 is 29.7 Å². The van der Waals surface area contributed by atoms with E-state index < -0.39 is 0 Å². The third kappa shape index (κ3) is 2.62. The van der Waals surface area contributed by atoms with Crippen molar-refractivity contribution in [2.45, 2.75) is 38.9 Å². The van der Waals surface area contributed by atoms with Crippen LogP contribution in [0.15, 0.2) is 46.9 Å². The fourth-order valence-electron chi connectivity index (χ4n) is 3.00. The SMILES string of the molecule is CC1(C)OB(c2ccc(-c3cccc4oc(N)nc34)cc2)OC1(C)C. The van der Waals surface area contributed by atoms with Crippen molar-refractivity contribution < 1.29 is 13.7 Å². The number of nitrogen functional groups attached to an aromatic ring is 1. The summed E-state index contributed by atoms with van der Waals surface area (Å²) in [5, 5.41) is 0. The smallest absolute Gasteiger partial charge is 0.424 e. The van der Waals surface area contributed by atoms with Crippen molar-refractivity contribution in [1.29, 1.82) is 0 Å². The third-order valence-electron chi connectivity index (χ3n) is 5.18. The van der Waals surface area contributed by atoms with Gasteiger partial charge in [-0.1, -0.05) is 36.4 Å². The second-order valence-electron chi connectivity index (χ2n) is 7.41. The van der Waals surface area contributed by atoms with Gasteiger partial charge in [-0.3, -0.25) is 0 Å². The molecule has 0 amide bonds. The highest BCUT2D eigenvalue weighted by molar-refractivity contribution is 6.62. The monoisotopic (exact) mass is 336 g/mol. The van der Waals surface area contributed by atoms with E-state index in [1.165, 1.54) is 0 Å². The zero-order valence-corrected chi connectivity index (χ0v) is 14.9. The molecule has 128 valence electrons. The number of hydrogen-bond donors (Lipinski definition) is 1. The third-order valence-corrected chi connectivity index (χ3v) is 5.18. The average Bonchev–Trinajstić information content (AvgIpc) is 3.03. The minimum Gasteiger partial charge on any atom is -0.424 e. The molecular formula is C19H21BN2O3. The van der Waals surface area contributed by atoms with Gasteiger partial charge in [-0.15, -0.1) is 0 Å². The first-order valence-corrected chi connectivity index (χ1v) is 8.38. The molecule has 0 radical (unpaired) electrons.